The van der Waals surface area contributed by atoms with Crippen LogP contribution in [0.25, 0.3) is 11.3 Å². The third-order valence-electron chi connectivity index (χ3n) is 3.60. The Bertz CT molecular complexity index is 665. The third kappa shape index (κ3) is 3.41. The van der Waals surface area contributed by atoms with E-state index in [1.807, 2.05) is 6.07 Å². The van der Waals surface area contributed by atoms with Crippen LogP contribution in [-0.2, 0) is 19.6 Å². The number of aromatic nitrogens is 3. The van der Waals surface area contributed by atoms with E-state index in [-0.39, 0.29) is 0 Å². The molecule has 0 aliphatic heterocycles. The lowest BCUT2D eigenvalue weighted by Crippen LogP contribution is -2.12. The molecule has 0 amide bonds. The fourth-order valence-corrected chi connectivity index (χ4v) is 2.36. The first kappa shape index (κ1) is 13.6. The molecule has 0 saturated heterocycles. The molecule has 4 heteroatoms. The molecule has 0 fully saturated rings. The van der Waals surface area contributed by atoms with E-state index in [0.29, 0.717) is 0 Å². The number of aryl methyl sites for hydroxylation is 1. The van der Waals surface area contributed by atoms with E-state index in [2.05, 4.69) is 69.7 Å². The number of rotatable bonds is 6. The Kier molecular flexibility index (Phi) is 4.17. The minimum Gasteiger partial charge on any atom is -0.354 e. The van der Waals surface area contributed by atoms with Crippen LogP contribution in [0.4, 0.5) is 0 Å². The first-order chi connectivity index (χ1) is 10.3. The highest BCUT2D eigenvalue weighted by Crippen LogP contribution is 2.16. The summed E-state index contributed by atoms with van der Waals surface area (Å²) in [6.45, 7) is 4.95. The number of nitrogens with one attached hydrogen (secondary N) is 2. The maximum absolute atomic E-state index is 3.97. The standard InChI is InChI=1S/C17H20N4/c1-2-21-10-8-15(13-21)12-18-11-14-3-5-16(6-4-14)17-7-9-19-20-17/h3-10,13,18H,2,11-12H2,1H3,(H,19,20). The van der Waals surface area contributed by atoms with Gasteiger partial charge in [-0.3, -0.25) is 5.10 Å². The van der Waals surface area contributed by atoms with Crippen molar-refractivity contribution in [3.63, 3.8) is 0 Å². The van der Waals surface area contributed by atoms with Crippen LogP contribution in [0.15, 0.2) is 55.0 Å². The molecular formula is C17H20N4. The molecule has 1 aromatic carbocycles. The van der Waals surface area contributed by atoms with E-state index in [1.165, 1.54) is 11.1 Å². The third-order valence-corrected chi connectivity index (χ3v) is 3.60. The van der Waals surface area contributed by atoms with Gasteiger partial charge < -0.3 is 9.88 Å². The van der Waals surface area contributed by atoms with Gasteiger partial charge in [0.05, 0.1) is 5.69 Å². The van der Waals surface area contributed by atoms with Gasteiger partial charge in [-0.05, 0) is 35.7 Å². The molecule has 0 radical (unpaired) electrons. The summed E-state index contributed by atoms with van der Waals surface area (Å²) >= 11 is 0. The molecule has 0 aliphatic rings. The second-order valence-corrected chi connectivity index (χ2v) is 5.12. The highest BCUT2D eigenvalue weighted by molar-refractivity contribution is 5.58. The number of benzene rings is 1. The summed E-state index contributed by atoms with van der Waals surface area (Å²) < 4.78 is 2.19. The van der Waals surface area contributed by atoms with E-state index in [9.17, 15) is 0 Å². The zero-order chi connectivity index (χ0) is 14.5. The normalized spacial score (nSPS) is 10.9. The summed E-state index contributed by atoms with van der Waals surface area (Å²) in [5, 5.41) is 10.4. The predicted octanol–water partition coefficient (Wildman–Crippen LogP) is 3.19. The van der Waals surface area contributed by atoms with Crippen molar-refractivity contribution in [1.82, 2.24) is 20.1 Å². The second kappa shape index (κ2) is 6.41. The van der Waals surface area contributed by atoms with E-state index in [0.717, 1.165) is 30.9 Å². The Morgan fingerprint density at radius 1 is 1.05 bits per heavy atom. The summed E-state index contributed by atoms with van der Waals surface area (Å²) in [5.74, 6) is 0. The van der Waals surface area contributed by atoms with Gasteiger partial charge in [0.25, 0.3) is 0 Å². The minimum atomic E-state index is 0.876. The molecule has 0 atom stereocenters. The number of aromatic amines is 1. The van der Waals surface area contributed by atoms with Crippen molar-refractivity contribution >= 4 is 0 Å². The van der Waals surface area contributed by atoms with Crippen molar-refractivity contribution in [3.8, 4) is 11.3 Å². The van der Waals surface area contributed by atoms with Gasteiger partial charge in [-0.15, -0.1) is 0 Å². The van der Waals surface area contributed by atoms with Crippen molar-refractivity contribution in [3.05, 3.63) is 66.1 Å². The number of hydrogen-bond acceptors (Lipinski definition) is 2. The van der Waals surface area contributed by atoms with Crippen LogP contribution in [0.3, 0.4) is 0 Å². The van der Waals surface area contributed by atoms with Gasteiger partial charge in [-0.2, -0.15) is 5.10 Å². The van der Waals surface area contributed by atoms with Crippen LogP contribution < -0.4 is 5.32 Å². The van der Waals surface area contributed by atoms with E-state index in [1.54, 1.807) is 6.20 Å². The maximum atomic E-state index is 3.97. The van der Waals surface area contributed by atoms with Crippen LogP contribution in [0.2, 0.25) is 0 Å². The van der Waals surface area contributed by atoms with Gasteiger partial charge in [0.15, 0.2) is 0 Å². The fourth-order valence-electron chi connectivity index (χ4n) is 2.36. The van der Waals surface area contributed by atoms with Crippen LogP contribution in [0.1, 0.15) is 18.1 Å². The Labute approximate surface area is 124 Å². The Balaban J connectivity index is 1.53. The largest absolute Gasteiger partial charge is 0.354 e. The second-order valence-electron chi connectivity index (χ2n) is 5.12. The van der Waals surface area contributed by atoms with E-state index < -0.39 is 0 Å². The molecule has 108 valence electrons. The van der Waals surface area contributed by atoms with Crippen LogP contribution >= 0.6 is 0 Å². The summed E-state index contributed by atoms with van der Waals surface area (Å²) in [6.07, 6.45) is 6.08. The molecule has 2 aromatic heterocycles. The van der Waals surface area contributed by atoms with Crippen molar-refractivity contribution in [2.75, 3.05) is 0 Å². The summed E-state index contributed by atoms with van der Waals surface area (Å²) in [6, 6.07) is 12.7. The van der Waals surface area contributed by atoms with Gasteiger partial charge in [0.1, 0.15) is 0 Å². The highest BCUT2D eigenvalue weighted by Gasteiger charge is 2.00. The number of nitrogens with zero attached hydrogens (tertiary/aromatic N) is 2. The molecule has 21 heavy (non-hydrogen) atoms. The minimum absolute atomic E-state index is 0.876. The zero-order valence-corrected chi connectivity index (χ0v) is 12.2. The number of hydrogen-bond donors (Lipinski definition) is 2. The molecular weight excluding hydrogens is 260 g/mol. The van der Waals surface area contributed by atoms with Crippen molar-refractivity contribution in [1.29, 1.82) is 0 Å². The van der Waals surface area contributed by atoms with Gasteiger partial charge in [0.2, 0.25) is 0 Å². The summed E-state index contributed by atoms with van der Waals surface area (Å²) in [4.78, 5) is 0. The van der Waals surface area contributed by atoms with Crippen LogP contribution in [0, 0.1) is 0 Å². The van der Waals surface area contributed by atoms with E-state index >= 15 is 0 Å². The van der Waals surface area contributed by atoms with Crippen LogP contribution in [-0.4, -0.2) is 14.8 Å². The molecule has 0 unspecified atom stereocenters. The Morgan fingerprint density at radius 3 is 2.52 bits per heavy atom. The lowest BCUT2D eigenvalue weighted by molar-refractivity contribution is 0.688. The molecule has 0 bridgehead atoms. The smallest absolute Gasteiger partial charge is 0.0650 e. The molecule has 2 heterocycles. The van der Waals surface area contributed by atoms with Crippen molar-refractivity contribution in [2.45, 2.75) is 26.6 Å². The van der Waals surface area contributed by atoms with E-state index in [4.69, 9.17) is 0 Å². The molecule has 0 aliphatic carbocycles. The van der Waals surface area contributed by atoms with Gasteiger partial charge >= 0.3 is 0 Å². The monoisotopic (exact) mass is 280 g/mol. The maximum Gasteiger partial charge on any atom is 0.0650 e. The Hall–Kier alpha value is -2.33. The fraction of sp³-hybridized carbons (Fsp3) is 0.235. The quantitative estimate of drug-likeness (QED) is 0.728. The topological polar surface area (TPSA) is 45.6 Å². The summed E-state index contributed by atoms with van der Waals surface area (Å²) in [7, 11) is 0. The molecule has 0 spiro atoms. The Morgan fingerprint density at radius 2 is 1.86 bits per heavy atom. The molecule has 3 rings (SSSR count). The predicted molar refractivity (Wildman–Crippen MR) is 84.7 cm³/mol. The molecule has 2 N–H and O–H groups in total. The average Bonchev–Trinajstić information content (AvgIpc) is 3.19. The first-order valence-electron chi connectivity index (χ1n) is 7.29. The van der Waals surface area contributed by atoms with Gasteiger partial charge in [-0.1, -0.05) is 24.3 Å². The number of H-pyrrole nitrogens is 1. The average molecular weight is 280 g/mol. The summed E-state index contributed by atoms with van der Waals surface area (Å²) in [5.41, 5.74) is 4.82. The molecule has 0 saturated carbocycles. The lowest BCUT2D eigenvalue weighted by Gasteiger charge is -2.05. The van der Waals surface area contributed by atoms with Gasteiger partial charge in [-0.25, -0.2) is 0 Å². The van der Waals surface area contributed by atoms with Crippen molar-refractivity contribution < 1.29 is 0 Å². The molecule has 3 aromatic rings. The lowest BCUT2D eigenvalue weighted by atomic mass is 10.1. The van der Waals surface area contributed by atoms with Crippen molar-refractivity contribution in [2.24, 2.45) is 0 Å². The SMILES string of the molecule is CCn1ccc(CNCc2ccc(-c3ccn[nH]3)cc2)c1. The van der Waals surface area contributed by atoms with Gasteiger partial charge in [0, 0.05) is 38.2 Å². The van der Waals surface area contributed by atoms with Crippen LogP contribution in [0.5, 0.6) is 0 Å². The first-order valence-corrected chi connectivity index (χ1v) is 7.29. The highest BCUT2D eigenvalue weighted by atomic mass is 15.1. The zero-order valence-electron chi connectivity index (χ0n) is 12.2. The molecule has 4 nitrogen and oxygen atoms in total.